The Kier molecular flexibility index (Phi) is 4.42. The molecule has 21 heavy (non-hydrogen) atoms. The minimum Gasteiger partial charge on any atom is -0.368 e. The zero-order valence-electron chi connectivity index (χ0n) is 12.4. The fourth-order valence-electron chi connectivity index (χ4n) is 3.46. The quantitative estimate of drug-likeness (QED) is 0.854. The van der Waals surface area contributed by atoms with Crippen molar-refractivity contribution < 1.29 is 9.18 Å². The molecule has 0 unspecified atom stereocenters. The van der Waals surface area contributed by atoms with E-state index in [2.05, 4.69) is 4.90 Å². The molecule has 4 heteroatoms. The maximum Gasteiger partial charge on any atom is 0.222 e. The summed E-state index contributed by atoms with van der Waals surface area (Å²) in [5.74, 6) is 0.734. The molecule has 1 aliphatic carbocycles. The number of carbonyl (C=O) groups excluding carboxylic acids is 1. The monoisotopic (exact) mass is 290 g/mol. The fourth-order valence-corrected chi connectivity index (χ4v) is 3.46. The summed E-state index contributed by atoms with van der Waals surface area (Å²) in [5, 5.41) is 0. The van der Waals surface area contributed by atoms with E-state index in [9.17, 15) is 9.18 Å². The highest BCUT2D eigenvalue weighted by Crippen LogP contribution is 2.28. The van der Waals surface area contributed by atoms with Gasteiger partial charge in [-0.25, -0.2) is 4.39 Å². The largest absolute Gasteiger partial charge is 0.368 e. The molecule has 1 saturated carbocycles. The normalized spacial score (nSPS) is 20.0. The minimum absolute atomic E-state index is 0.205. The topological polar surface area (TPSA) is 23.6 Å². The van der Waals surface area contributed by atoms with E-state index in [1.807, 2.05) is 17.0 Å². The van der Waals surface area contributed by atoms with Crippen molar-refractivity contribution in [3.63, 3.8) is 0 Å². The van der Waals surface area contributed by atoms with E-state index >= 15 is 0 Å². The third-order valence-electron chi connectivity index (χ3n) is 4.76. The number of hydrogen-bond acceptors (Lipinski definition) is 2. The van der Waals surface area contributed by atoms with Crippen LogP contribution in [-0.2, 0) is 4.79 Å². The summed E-state index contributed by atoms with van der Waals surface area (Å²) in [4.78, 5) is 16.5. The summed E-state index contributed by atoms with van der Waals surface area (Å²) in [5.41, 5.74) is 1.04. The van der Waals surface area contributed by atoms with Crippen molar-refractivity contribution in [2.45, 2.75) is 32.1 Å². The molecule has 0 bridgehead atoms. The molecule has 1 aromatic carbocycles. The zero-order valence-corrected chi connectivity index (χ0v) is 12.4. The molecular weight excluding hydrogens is 267 g/mol. The number of rotatable bonds is 3. The highest BCUT2D eigenvalue weighted by atomic mass is 19.1. The second-order valence-corrected chi connectivity index (χ2v) is 6.20. The van der Waals surface area contributed by atoms with Crippen molar-refractivity contribution in [2.24, 2.45) is 5.92 Å². The Morgan fingerprint density at radius 3 is 2.29 bits per heavy atom. The van der Waals surface area contributed by atoms with Crippen LogP contribution in [0.5, 0.6) is 0 Å². The van der Waals surface area contributed by atoms with Gasteiger partial charge in [-0.1, -0.05) is 12.8 Å². The first kappa shape index (κ1) is 14.4. The van der Waals surface area contributed by atoms with Gasteiger partial charge in [-0.2, -0.15) is 0 Å². The Bertz CT molecular complexity index is 474. The maximum atomic E-state index is 12.9. The lowest BCUT2D eigenvalue weighted by Crippen LogP contribution is -2.49. The molecule has 114 valence electrons. The number of anilines is 1. The summed E-state index contributed by atoms with van der Waals surface area (Å²) in [6.07, 6.45) is 5.76. The molecule has 0 atom stereocenters. The van der Waals surface area contributed by atoms with Crippen LogP contribution in [0.1, 0.15) is 32.1 Å². The molecule has 0 radical (unpaired) electrons. The molecule has 0 N–H and O–H groups in total. The Morgan fingerprint density at radius 2 is 1.67 bits per heavy atom. The van der Waals surface area contributed by atoms with Gasteiger partial charge >= 0.3 is 0 Å². The number of benzene rings is 1. The lowest BCUT2D eigenvalue weighted by Gasteiger charge is -2.36. The lowest BCUT2D eigenvalue weighted by molar-refractivity contribution is -0.132. The average molecular weight is 290 g/mol. The predicted octanol–water partition coefficient (Wildman–Crippen LogP) is 3.05. The number of halogens is 1. The van der Waals surface area contributed by atoms with Crippen LogP contribution in [0.25, 0.3) is 0 Å². The SMILES string of the molecule is O=C(CC1CCCC1)N1CCN(c2ccc(F)cc2)CC1. The van der Waals surface area contributed by atoms with Gasteiger partial charge < -0.3 is 9.80 Å². The molecule has 0 spiro atoms. The molecule has 1 aliphatic heterocycles. The van der Waals surface area contributed by atoms with Crippen LogP contribution in [0.2, 0.25) is 0 Å². The van der Waals surface area contributed by atoms with Gasteiger partial charge in [0.05, 0.1) is 0 Å². The Labute approximate surface area is 125 Å². The van der Waals surface area contributed by atoms with Gasteiger partial charge in [-0.3, -0.25) is 4.79 Å². The Hall–Kier alpha value is -1.58. The number of carbonyl (C=O) groups is 1. The molecule has 3 nitrogen and oxygen atoms in total. The molecule has 0 aromatic heterocycles. The Balaban J connectivity index is 1.50. The smallest absolute Gasteiger partial charge is 0.222 e. The molecular formula is C17H23FN2O. The Morgan fingerprint density at radius 1 is 1.05 bits per heavy atom. The van der Waals surface area contributed by atoms with Crippen molar-refractivity contribution in [1.29, 1.82) is 0 Å². The van der Waals surface area contributed by atoms with Crippen LogP contribution in [-0.4, -0.2) is 37.0 Å². The zero-order chi connectivity index (χ0) is 14.7. The van der Waals surface area contributed by atoms with Crippen LogP contribution in [0.4, 0.5) is 10.1 Å². The van der Waals surface area contributed by atoms with E-state index in [0.29, 0.717) is 11.8 Å². The number of hydrogen-bond donors (Lipinski definition) is 0. The van der Waals surface area contributed by atoms with Crippen molar-refractivity contribution in [1.82, 2.24) is 4.90 Å². The predicted molar refractivity (Wildman–Crippen MR) is 81.8 cm³/mol. The lowest BCUT2D eigenvalue weighted by atomic mass is 10.0. The van der Waals surface area contributed by atoms with Gasteiger partial charge in [0.15, 0.2) is 0 Å². The van der Waals surface area contributed by atoms with E-state index in [1.165, 1.54) is 37.8 Å². The van der Waals surface area contributed by atoms with Crippen LogP contribution in [0.3, 0.4) is 0 Å². The van der Waals surface area contributed by atoms with Crippen LogP contribution < -0.4 is 4.90 Å². The first-order valence-corrected chi connectivity index (χ1v) is 8.00. The molecule has 1 aromatic rings. The fraction of sp³-hybridized carbons (Fsp3) is 0.588. The molecule has 2 fully saturated rings. The molecule has 2 aliphatic rings. The summed E-state index contributed by atoms with van der Waals surface area (Å²) in [7, 11) is 0. The summed E-state index contributed by atoms with van der Waals surface area (Å²) in [6.45, 7) is 3.23. The first-order valence-electron chi connectivity index (χ1n) is 8.00. The average Bonchev–Trinajstić information content (AvgIpc) is 3.01. The summed E-state index contributed by atoms with van der Waals surface area (Å²) in [6, 6.07) is 6.61. The first-order chi connectivity index (χ1) is 10.2. The molecule has 1 heterocycles. The van der Waals surface area contributed by atoms with Gasteiger partial charge in [-0.15, -0.1) is 0 Å². The van der Waals surface area contributed by atoms with Gasteiger partial charge in [0.1, 0.15) is 5.82 Å². The second-order valence-electron chi connectivity index (χ2n) is 6.20. The molecule has 3 rings (SSSR count). The van der Waals surface area contributed by atoms with Gasteiger partial charge in [0.2, 0.25) is 5.91 Å². The third kappa shape index (κ3) is 3.55. The second kappa shape index (κ2) is 6.46. The highest BCUT2D eigenvalue weighted by Gasteiger charge is 2.25. The molecule has 1 saturated heterocycles. The van der Waals surface area contributed by atoms with E-state index < -0.39 is 0 Å². The third-order valence-corrected chi connectivity index (χ3v) is 4.76. The van der Waals surface area contributed by atoms with Gasteiger partial charge in [0, 0.05) is 38.3 Å². The van der Waals surface area contributed by atoms with Gasteiger partial charge in [0.25, 0.3) is 0 Å². The number of piperazine rings is 1. The van der Waals surface area contributed by atoms with E-state index in [-0.39, 0.29) is 5.82 Å². The van der Waals surface area contributed by atoms with Crippen molar-refractivity contribution in [3.05, 3.63) is 30.1 Å². The number of amides is 1. The highest BCUT2D eigenvalue weighted by molar-refractivity contribution is 5.76. The van der Waals surface area contributed by atoms with E-state index in [1.54, 1.807) is 0 Å². The van der Waals surface area contributed by atoms with Crippen molar-refractivity contribution in [2.75, 3.05) is 31.1 Å². The van der Waals surface area contributed by atoms with E-state index in [4.69, 9.17) is 0 Å². The molecule has 1 amide bonds. The van der Waals surface area contributed by atoms with Crippen LogP contribution >= 0.6 is 0 Å². The van der Waals surface area contributed by atoms with Crippen molar-refractivity contribution >= 4 is 11.6 Å². The summed E-state index contributed by atoms with van der Waals surface area (Å²) >= 11 is 0. The van der Waals surface area contributed by atoms with E-state index in [0.717, 1.165) is 38.3 Å². The minimum atomic E-state index is -0.205. The van der Waals surface area contributed by atoms with Gasteiger partial charge in [-0.05, 0) is 43.0 Å². The van der Waals surface area contributed by atoms with Crippen LogP contribution in [0, 0.1) is 11.7 Å². The standard InChI is InChI=1S/C17H23FN2O/c18-15-5-7-16(8-6-15)19-9-11-20(12-10-19)17(21)13-14-3-1-2-4-14/h5-8,14H,1-4,9-13H2. The maximum absolute atomic E-state index is 12.9. The number of nitrogens with zero attached hydrogens (tertiary/aromatic N) is 2. The van der Waals surface area contributed by atoms with Crippen LogP contribution in [0.15, 0.2) is 24.3 Å². The summed E-state index contributed by atoms with van der Waals surface area (Å²) < 4.78 is 12.9. The van der Waals surface area contributed by atoms with Crippen molar-refractivity contribution in [3.8, 4) is 0 Å².